The van der Waals surface area contributed by atoms with Crippen molar-refractivity contribution >= 4 is 17.4 Å². The van der Waals surface area contributed by atoms with Crippen LogP contribution in [-0.2, 0) is 0 Å². The minimum atomic E-state index is 0.576. The quantitative estimate of drug-likeness (QED) is 0.745. The zero-order valence-corrected chi connectivity index (χ0v) is 12.1. The summed E-state index contributed by atoms with van der Waals surface area (Å²) in [6.45, 7) is 0. The first kappa shape index (κ1) is 13.4. The summed E-state index contributed by atoms with van der Waals surface area (Å²) in [6.07, 6.45) is 0. The van der Waals surface area contributed by atoms with Crippen molar-refractivity contribution in [2.24, 2.45) is 0 Å². The molecule has 106 valence electrons. The average molecular weight is 299 g/mol. The molecule has 3 aromatic rings. The van der Waals surface area contributed by atoms with Gasteiger partial charge in [-0.3, -0.25) is 0 Å². The van der Waals surface area contributed by atoms with E-state index in [2.05, 4.69) is 15.5 Å². The van der Waals surface area contributed by atoms with Crippen molar-refractivity contribution in [3.05, 3.63) is 48.5 Å². The van der Waals surface area contributed by atoms with Crippen molar-refractivity contribution < 1.29 is 4.74 Å². The molecule has 3 rings (SSSR count). The number of anilines is 1. The van der Waals surface area contributed by atoms with E-state index >= 15 is 0 Å². The maximum Gasteiger partial charge on any atom is 0.218 e. The Morgan fingerprint density at radius 3 is 2.67 bits per heavy atom. The smallest absolute Gasteiger partial charge is 0.218 e. The maximum atomic E-state index is 6.08. The molecule has 0 atom stereocenters. The molecule has 0 aliphatic carbocycles. The monoisotopic (exact) mass is 299 g/mol. The number of aromatic nitrogens is 4. The van der Waals surface area contributed by atoms with Crippen LogP contribution in [0.25, 0.3) is 5.69 Å². The minimum Gasteiger partial charge on any atom is -0.495 e. The van der Waals surface area contributed by atoms with Crippen LogP contribution >= 0.6 is 11.8 Å². The number of ether oxygens (including phenoxy) is 1. The van der Waals surface area contributed by atoms with Crippen LogP contribution in [0.2, 0.25) is 0 Å². The highest BCUT2D eigenvalue weighted by molar-refractivity contribution is 7.99. The molecule has 0 saturated carbocycles. The Bertz CT molecular complexity index is 744. The molecule has 7 heteroatoms. The van der Waals surface area contributed by atoms with Crippen LogP contribution in [0.15, 0.2) is 58.6 Å². The van der Waals surface area contributed by atoms with Crippen molar-refractivity contribution in [2.45, 2.75) is 10.1 Å². The SMILES string of the molecule is COc1cccc(Sc2nnnn2-c2ccccc2)c1N. The van der Waals surface area contributed by atoms with Crippen LogP contribution in [0.3, 0.4) is 0 Å². The van der Waals surface area contributed by atoms with Gasteiger partial charge in [0, 0.05) is 4.90 Å². The number of benzene rings is 2. The van der Waals surface area contributed by atoms with Gasteiger partial charge in [-0.1, -0.05) is 24.3 Å². The topological polar surface area (TPSA) is 78.9 Å². The molecule has 0 saturated heterocycles. The number of methoxy groups -OCH3 is 1. The Morgan fingerprint density at radius 1 is 1.10 bits per heavy atom. The first-order chi connectivity index (χ1) is 10.3. The molecular weight excluding hydrogens is 286 g/mol. The fourth-order valence-electron chi connectivity index (χ4n) is 1.86. The maximum absolute atomic E-state index is 6.08. The van der Waals surface area contributed by atoms with Gasteiger partial charge < -0.3 is 10.5 Å². The minimum absolute atomic E-state index is 0.576. The van der Waals surface area contributed by atoms with Crippen LogP contribution < -0.4 is 10.5 Å². The van der Waals surface area contributed by atoms with Gasteiger partial charge in [-0.05, 0) is 46.5 Å². The van der Waals surface area contributed by atoms with Gasteiger partial charge in [0.05, 0.1) is 18.5 Å². The average Bonchev–Trinajstić information content (AvgIpc) is 2.98. The molecule has 6 nitrogen and oxygen atoms in total. The standard InChI is InChI=1S/C14H13N5OS/c1-20-11-8-5-9-12(13(11)15)21-14-16-17-18-19(14)10-6-3-2-4-7-10/h2-9H,15H2,1H3. The van der Waals surface area contributed by atoms with Crippen LogP contribution in [-0.4, -0.2) is 27.3 Å². The molecule has 0 radical (unpaired) electrons. The molecule has 0 aliphatic rings. The molecule has 2 N–H and O–H groups in total. The lowest BCUT2D eigenvalue weighted by atomic mass is 10.3. The molecule has 21 heavy (non-hydrogen) atoms. The molecule has 0 amide bonds. The predicted molar refractivity (Wildman–Crippen MR) is 80.7 cm³/mol. The van der Waals surface area contributed by atoms with E-state index in [9.17, 15) is 0 Å². The van der Waals surface area contributed by atoms with Gasteiger partial charge in [0.15, 0.2) is 0 Å². The van der Waals surface area contributed by atoms with E-state index in [0.29, 0.717) is 16.6 Å². The predicted octanol–water partition coefficient (Wildman–Crippen LogP) is 2.40. The van der Waals surface area contributed by atoms with Crippen molar-refractivity contribution in [3.8, 4) is 11.4 Å². The van der Waals surface area contributed by atoms with Crippen molar-refractivity contribution in [1.82, 2.24) is 20.2 Å². The van der Waals surface area contributed by atoms with Crippen molar-refractivity contribution in [3.63, 3.8) is 0 Å². The molecule has 0 bridgehead atoms. The van der Waals surface area contributed by atoms with Crippen LogP contribution in [0, 0.1) is 0 Å². The number of nitrogens with zero attached hydrogens (tertiary/aromatic N) is 4. The highest BCUT2D eigenvalue weighted by Gasteiger charge is 2.13. The van der Waals surface area contributed by atoms with Gasteiger partial charge in [0.1, 0.15) is 5.75 Å². The highest BCUT2D eigenvalue weighted by atomic mass is 32.2. The molecule has 0 unspecified atom stereocenters. The number of nitrogen functional groups attached to an aromatic ring is 1. The van der Waals surface area contributed by atoms with Crippen LogP contribution in [0.5, 0.6) is 5.75 Å². The zero-order chi connectivity index (χ0) is 14.7. The van der Waals surface area contributed by atoms with E-state index in [1.165, 1.54) is 11.8 Å². The summed E-state index contributed by atoms with van der Waals surface area (Å²) in [5, 5.41) is 12.4. The first-order valence-electron chi connectivity index (χ1n) is 6.23. The van der Waals surface area contributed by atoms with E-state index < -0.39 is 0 Å². The van der Waals surface area contributed by atoms with E-state index in [4.69, 9.17) is 10.5 Å². The van der Waals surface area contributed by atoms with E-state index in [-0.39, 0.29) is 0 Å². The third-order valence-electron chi connectivity index (χ3n) is 2.89. The number of para-hydroxylation sites is 2. The zero-order valence-electron chi connectivity index (χ0n) is 11.3. The fourth-order valence-corrected chi connectivity index (χ4v) is 2.72. The van der Waals surface area contributed by atoms with Crippen molar-refractivity contribution in [1.29, 1.82) is 0 Å². The molecule has 1 aromatic heterocycles. The lowest BCUT2D eigenvalue weighted by Gasteiger charge is -2.09. The number of hydrogen-bond acceptors (Lipinski definition) is 6. The summed E-state index contributed by atoms with van der Waals surface area (Å²) in [7, 11) is 1.59. The third kappa shape index (κ3) is 2.68. The van der Waals surface area contributed by atoms with Gasteiger partial charge in [-0.15, -0.1) is 5.10 Å². The van der Waals surface area contributed by atoms with E-state index in [1.54, 1.807) is 11.8 Å². The largest absolute Gasteiger partial charge is 0.495 e. The fraction of sp³-hybridized carbons (Fsp3) is 0.0714. The van der Waals surface area contributed by atoms with Crippen molar-refractivity contribution in [2.75, 3.05) is 12.8 Å². The molecule has 0 spiro atoms. The summed E-state index contributed by atoms with van der Waals surface area (Å²) >= 11 is 1.39. The number of rotatable bonds is 4. The normalized spacial score (nSPS) is 10.5. The van der Waals surface area contributed by atoms with Gasteiger partial charge in [-0.2, -0.15) is 4.68 Å². The van der Waals surface area contributed by atoms with E-state index in [1.807, 2.05) is 48.5 Å². The number of hydrogen-bond donors (Lipinski definition) is 1. The van der Waals surface area contributed by atoms with Crippen LogP contribution in [0.1, 0.15) is 0 Å². The Kier molecular flexibility index (Phi) is 3.74. The molecular formula is C14H13N5OS. The Labute approximate surface area is 125 Å². The van der Waals surface area contributed by atoms with Gasteiger partial charge in [-0.25, -0.2) is 0 Å². The van der Waals surface area contributed by atoms with E-state index in [0.717, 1.165) is 10.6 Å². The second kappa shape index (κ2) is 5.84. The summed E-state index contributed by atoms with van der Waals surface area (Å²) in [5.74, 6) is 0.638. The Morgan fingerprint density at radius 2 is 1.90 bits per heavy atom. The molecule has 1 heterocycles. The highest BCUT2D eigenvalue weighted by Crippen LogP contribution is 2.36. The molecule has 2 aromatic carbocycles. The summed E-state index contributed by atoms with van der Waals surface area (Å²) < 4.78 is 6.89. The molecule has 0 aliphatic heterocycles. The number of nitrogens with two attached hydrogens (primary N) is 1. The Hall–Kier alpha value is -2.54. The lowest BCUT2D eigenvalue weighted by Crippen LogP contribution is -1.99. The van der Waals surface area contributed by atoms with Gasteiger partial charge in [0.2, 0.25) is 5.16 Å². The Balaban J connectivity index is 1.96. The summed E-state index contributed by atoms with van der Waals surface area (Å²) in [4.78, 5) is 0.848. The first-order valence-corrected chi connectivity index (χ1v) is 7.05. The summed E-state index contributed by atoms with van der Waals surface area (Å²) in [5.41, 5.74) is 7.55. The lowest BCUT2D eigenvalue weighted by molar-refractivity contribution is 0.416. The van der Waals surface area contributed by atoms with Gasteiger partial charge >= 0.3 is 0 Å². The second-order valence-corrected chi connectivity index (χ2v) is 5.19. The van der Waals surface area contributed by atoms with Crippen LogP contribution in [0.4, 0.5) is 5.69 Å². The number of tetrazole rings is 1. The van der Waals surface area contributed by atoms with Gasteiger partial charge in [0.25, 0.3) is 0 Å². The third-order valence-corrected chi connectivity index (χ3v) is 3.90. The molecule has 0 fully saturated rings. The summed E-state index contributed by atoms with van der Waals surface area (Å²) in [6, 6.07) is 15.3. The second-order valence-electron chi connectivity index (χ2n) is 4.18.